The van der Waals surface area contributed by atoms with E-state index >= 15 is 0 Å². The molecular formula is C12H14FN. The third-order valence-corrected chi connectivity index (χ3v) is 2.59. The summed E-state index contributed by atoms with van der Waals surface area (Å²) in [4.78, 5) is 0. The Bertz CT molecular complexity index is 369. The van der Waals surface area contributed by atoms with Crippen LogP contribution in [0.3, 0.4) is 0 Å². The fourth-order valence-corrected chi connectivity index (χ4v) is 1.73. The van der Waals surface area contributed by atoms with Crippen LogP contribution in [0.15, 0.2) is 24.3 Å². The lowest BCUT2D eigenvalue weighted by Crippen LogP contribution is -2.20. The zero-order valence-corrected chi connectivity index (χ0v) is 8.31. The number of hydrogen-bond donors (Lipinski definition) is 1. The highest BCUT2D eigenvalue weighted by Crippen LogP contribution is 2.21. The number of benzene rings is 1. The van der Waals surface area contributed by atoms with Crippen LogP contribution in [0.5, 0.6) is 0 Å². The normalized spacial score (nSPS) is 16.6. The van der Waals surface area contributed by atoms with Crippen molar-refractivity contribution < 1.29 is 4.39 Å². The molecule has 1 aromatic carbocycles. The molecule has 0 aliphatic carbocycles. The lowest BCUT2D eigenvalue weighted by molar-refractivity contribution is 0.618. The first-order valence-electron chi connectivity index (χ1n) is 4.93. The Morgan fingerprint density at radius 2 is 2.21 bits per heavy atom. The zero-order valence-electron chi connectivity index (χ0n) is 8.31. The van der Waals surface area contributed by atoms with Crippen molar-refractivity contribution in [1.29, 1.82) is 0 Å². The molecule has 0 spiro atoms. The van der Waals surface area contributed by atoms with Gasteiger partial charge in [0.15, 0.2) is 0 Å². The molecule has 1 aromatic rings. The minimum Gasteiger partial charge on any atom is -0.313 e. The van der Waals surface area contributed by atoms with E-state index in [4.69, 9.17) is 0 Å². The Kier molecular flexibility index (Phi) is 2.64. The van der Waals surface area contributed by atoms with Crippen LogP contribution in [0.2, 0.25) is 0 Å². The van der Waals surface area contributed by atoms with Crippen molar-refractivity contribution >= 4 is 5.57 Å². The SMILES string of the molecule is Cc1cc(C2=CCNCC2)ccc1F. The molecule has 2 heteroatoms. The van der Waals surface area contributed by atoms with Crippen LogP contribution in [-0.4, -0.2) is 13.1 Å². The Morgan fingerprint density at radius 1 is 1.36 bits per heavy atom. The van der Waals surface area contributed by atoms with E-state index in [1.165, 1.54) is 5.57 Å². The fourth-order valence-electron chi connectivity index (χ4n) is 1.73. The molecule has 1 heterocycles. The van der Waals surface area contributed by atoms with Crippen molar-refractivity contribution in [3.05, 3.63) is 41.2 Å². The highest BCUT2D eigenvalue weighted by atomic mass is 19.1. The third-order valence-electron chi connectivity index (χ3n) is 2.59. The van der Waals surface area contributed by atoms with E-state index in [1.807, 2.05) is 12.1 Å². The topological polar surface area (TPSA) is 12.0 Å². The van der Waals surface area contributed by atoms with E-state index < -0.39 is 0 Å². The molecule has 1 aliphatic rings. The van der Waals surface area contributed by atoms with Crippen molar-refractivity contribution in [1.82, 2.24) is 5.32 Å². The lowest BCUT2D eigenvalue weighted by Gasteiger charge is -2.14. The summed E-state index contributed by atoms with van der Waals surface area (Å²) < 4.78 is 13.0. The maximum Gasteiger partial charge on any atom is 0.126 e. The largest absolute Gasteiger partial charge is 0.313 e. The van der Waals surface area contributed by atoms with Gasteiger partial charge in [-0.15, -0.1) is 0 Å². The van der Waals surface area contributed by atoms with Gasteiger partial charge in [0, 0.05) is 6.54 Å². The van der Waals surface area contributed by atoms with Gasteiger partial charge < -0.3 is 5.32 Å². The minimum atomic E-state index is -0.122. The minimum absolute atomic E-state index is 0.122. The van der Waals surface area contributed by atoms with Crippen LogP contribution in [0.4, 0.5) is 4.39 Å². The number of hydrogen-bond acceptors (Lipinski definition) is 1. The van der Waals surface area contributed by atoms with Crippen LogP contribution in [0, 0.1) is 12.7 Å². The monoisotopic (exact) mass is 191 g/mol. The summed E-state index contributed by atoms with van der Waals surface area (Å²) in [5, 5.41) is 3.26. The molecule has 0 amide bonds. The summed E-state index contributed by atoms with van der Waals surface area (Å²) >= 11 is 0. The second-order valence-electron chi connectivity index (χ2n) is 3.65. The number of rotatable bonds is 1. The van der Waals surface area contributed by atoms with Crippen LogP contribution in [-0.2, 0) is 0 Å². The van der Waals surface area contributed by atoms with Crippen molar-refractivity contribution in [2.45, 2.75) is 13.3 Å². The average Bonchev–Trinajstić information content (AvgIpc) is 2.23. The van der Waals surface area contributed by atoms with Gasteiger partial charge in [0.25, 0.3) is 0 Å². The maximum atomic E-state index is 13.0. The molecular weight excluding hydrogens is 177 g/mol. The van der Waals surface area contributed by atoms with Crippen molar-refractivity contribution in [2.24, 2.45) is 0 Å². The van der Waals surface area contributed by atoms with Gasteiger partial charge in [0.2, 0.25) is 0 Å². The average molecular weight is 191 g/mol. The van der Waals surface area contributed by atoms with E-state index in [9.17, 15) is 4.39 Å². The number of aryl methyl sites for hydroxylation is 1. The van der Waals surface area contributed by atoms with Gasteiger partial charge in [-0.2, -0.15) is 0 Å². The molecule has 0 fully saturated rings. The van der Waals surface area contributed by atoms with Gasteiger partial charge >= 0.3 is 0 Å². The molecule has 1 N–H and O–H groups in total. The second kappa shape index (κ2) is 3.93. The molecule has 0 saturated heterocycles. The molecule has 0 saturated carbocycles. The van der Waals surface area contributed by atoms with E-state index in [2.05, 4.69) is 11.4 Å². The Balaban J connectivity index is 2.32. The van der Waals surface area contributed by atoms with Crippen LogP contribution >= 0.6 is 0 Å². The summed E-state index contributed by atoms with van der Waals surface area (Å²) in [6.07, 6.45) is 3.21. The quantitative estimate of drug-likeness (QED) is 0.719. The molecule has 0 radical (unpaired) electrons. The maximum absolute atomic E-state index is 13.0. The van der Waals surface area contributed by atoms with Crippen molar-refractivity contribution in [3.8, 4) is 0 Å². The molecule has 0 bridgehead atoms. The Hall–Kier alpha value is -1.15. The summed E-state index contributed by atoms with van der Waals surface area (Å²) in [7, 11) is 0. The van der Waals surface area contributed by atoms with Gasteiger partial charge in [0.05, 0.1) is 0 Å². The lowest BCUT2D eigenvalue weighted by atomic mass is 9.99. The van der Waals surface area contributed by atoms with Gasteiger partial charge in [-0.1, -0.05) is 12.1 Å². The summed E-state index contributed by atoms with van der Waals surface area (Å²) in [5.74, 6) is -0.122. The van der Waals surface area contributed by atoms with E-state index in [-0.39, 0.29) is 5.82 Å². The van der Waals surface area contributed by atoms with Crippen LogP contribution in [0.25, 0.3) is 5.57 Å². The predicted octanol–water partition coefficient (Wildman–Crippen LogP) is 2.51. The molecule has 14 heavy (non-hydrogen) atoms. The highest BCUT2D eigenvalue weighted by Gasteiger charge is 2.06. The first kappa shape index (κ1) is 9.41. The first-order chi connectivity index (χ1) is 6.77. The Labute approximate surface area is 83.6 Å². The molecule has 2 rings (SSSR count). The smallest absolute Gasteiger partial charge is 0.126 e. The van der Waals surface area contributed by atoms with Gasteiger partial charge in [-0.25, -0.2) is 4.39 Å². The number of nitrogens with one attached hydrogen (secondary N) is 1. The van der Waals surface area contributed by atoms with E-state index in [0.717, 1.165) is 30.6 Å². The highest BCUT2D eigenvalue weighted by molar-refractivity contribution is 5.67. The van der Waals surface area contributed by atoms with Gasteiger partial charge in [0.1, 0.15) is 5.82 Å². The van der Waals surface area contributed by atoms with Crippen LogP contribution < -0.4 is 5.32 Å². The molecule has 0 atom stereocenters. The fraction of sp³-hybridized carbons (Fsp3) is 0.333. The zero-order chi connectivity index (χ0) is 9.97. The summed E-state index contributed by atoms with van der Waals surface area (Å²) in [6.45, 7) is 3.74. The molecule has 0 unspecified atom stereocenters. The summed E-state index contributed by atoms with van der Waals surface area (Å²) in [5.41, 5.74) is 3.21. The standard InChI is InChI=1S/C12H14FN/c1-9-8-11(2-3-12(9)13)10-4-6-14-7-5-10/h2-4,8,14H,5-7H2,1H3. The molecule has 1 aliphatic heterocycles. The Morgan fingerprint density at radius 3 is 2.86 bits per heavy atom. The van der Waals surface area contributed by atoms with Crippen molar-refractivity contribution in [2.75, 3.05) is 13.1 Å². The van der Waals surface area contributed by atoms with Gasteiger partial charge in [-0.3, -0.25) is 0 Å². The molecule has 0 aromatic heterocycles. The number of halogens is 1. The molecule has 1 nitrogen and oxygen atoms in total. The first-order valence-corrected chi connectivity index (χ1v) is 4.93. The van der Waals surface area contributed by atoms with E-state index in [0.29, 0.717) is 0 Å². The second-order valence-corrected chi connectivity index (χ2v) is 3.65. The third kappa shape index (κ3) is 1.85. The van der Waals surface area contributed by atoms with Gasteiger partial charge in [-0.05, 0) is 48.7 Å². The molecule has 74 valence electrons. The predicted molar refractivity (Wildman–Crippen MR) is 56.6 cm³/mol. The van der Waals surface area contributed by atoms with Crippen LogP contribution in [0.1, 0.15) is 17.5 Å². The van der Waals surface area contributed by atoms with E-state index in [1.54, 1.807) is 13.0 Å². The van der Waals surface area contributed by atoms with Crippen molar-refractivity contribution in [3.63, 3.8) is 0 Å². The summed E-state index contributed by atoms with van der Waals surface area (Å²) in [6, 6.07) is 5.33.